The van der Waals surface area contributed by atoms with Crippen molar-refractivity contribution in [3.05, 3.63) is 24.3 Å². The van der Waals surface area contributed by atoms with Crippen LogP contribution in [0.5, 0.6) is 0 Å². The van der Waals surface area contributed by atoms with Crippen molar-refractivity contribution in [3.63, 3.8) is 0 Å². The molecule has 0 aromatic rings. The van der Waals surface area contributed by atoms with Gasteiger partial charge in [0.1, 0.15) is 24.4 Å². The van der Waals surface area contributed by atoms with Crippen LogP contribution in [0, 0.1) is 0 Å². The Morgan fingerprint density at radius 2 is 0.970 bits per heavy atom. The van der Waals surface area contributed by atoms with E-state index in [2.05, 4.69) is 31.3 Å². The molecule has 0 aromatic heterocycles. The van der Waals surface area contributed by atoms with Crippen LogP contribution in [0.1, 0.15) is 251 Å². The highest BCUT2D eigenvalue weighted by Gasteiger charge is 2.44. The zero-order valence-electron chi connectivity index (χ0n) is 42.4. The molecule has 1 aliphatic rings. The summed E-state index contributed by atoms with van der Waals surface area (Å²) in [6, 6.07) is -0.822. The zero-order chi connectivity index (χ0) is 48.1. The minimum atomic E-state index is -1.58. The number of hydrogen-bond acceptors (Lipinski definition) is 10. The number of unbranched alkanes of at least 4 members (excludes halogenated alkanes) is 31. The first-order valence-electron chi connectivity index (χ1n) is 27.6. The Bertz CT molecular complexity index is 1150. The quantitative estimate of drug-likeness (QED) is 0.0196. The fraction of sp³-hybridized carbons (Fsp3) is 0.891. The molecule has 1 rings (SSSR count). The van der Waals surface area contributed by atoms with E-state index >= 15 is 0 Å². The van der Waals surface area contributed by atoms with E-state index in [0.29, 0.717) is 19.4 Å². The number of hydrogen-bond donors (Lipinski definition) is 6. The second kappa shape index (κ2) is 45.6. The fourth-order valence-electron chi connectivity index (χ4n) is 8.60. The first-order valence-corrected chi connectivity index (χ1v) is 27.6. The highest BCUT2D eigenvalue weighted by molar-refractivity contribution is 5.76. The van der Waals surface area contributed by atoms with Gasteiger partial charge < -0.3 is 45.1 Å². The number of carbonyl (C=O) groups is 2. The van der Waals surface area contributed by atoms with Gasteiger partial charge in [-0.05, 0) is 57.8 Å². The summed E-state index contributed by atoms with van der Waals surface area (Å²) < 4.78 is 16.7. The number of ether oxygens (including phenoxy) is 3. The molecule has 0 radical (unpaired) electrons. The number of allylic oxidation sites excluding steroid dienone is 3. The molecule has 0 aromatic carbocycles. The van der Waals surface area contributed by atoms with Crippen LogP contribution < -0.4 is 5.32 Å². The lowest BCUT2D eigenvalue weighted by Gasteiger charge is -2.40. The van der Waals surface area contributed by atoms with E-state index in [9.17, 15) is 35.1 Å². The average Bonchev–Trinajstić information content (AvgIpc) is 3.31. The number of esters is 1. The second-order valence-electron chi connectivity index (χ2n) is 19.3. The second-order valence-corrected chi connectivity index (χ2v) is 19.3. The third-order valence-corrected chi connectivity index (χ3v) is 13.1. The summed E-state index contributed by atoms with van der Waals surface area (Å²) in [6.45, 7) is 4.24. The maximum atomic E-state index is 13.0. The number of aliphatic hydroxyl groups is 5. The van der Waals surface area contributed by atoms with Crippen molar-refractivity contribution >= 4 is 11.9 Å². The van der Waals surface area contributed by atoms with Gasteiger partial charge in [-0.25, -0.2) is 0 Å². The fourth-order valence-corrected chi connectivity index (χ4v) is 8.60. The molecule has 7 unspecified atom stereocenters. The normalized spacial score (nSPS) is 19.8. The summed E-state index contributed by atoms with van der Waals surface area (Å²) >= 11 is 0. The van der Waals surface area contributed by atoms with Crippen LogP contribution in [0.25, 0.3) is 0 Å². The molecule has 1 heterocycles. The summed E-state index contributed by atoms with van der Waals surface area (Å²) in [5.41, 5.74) is 0. The number of carbonyl (C=O) groups excluding carboxylic acids is 2. The molecule has 7 atom stereocenters. The third kappa shape index (κ3) is 35.3. The topological polar surface area (TPSA) is 175 Å². The van der Waals surface area contributed by atoms with Crippen molar-refractivity contribution in [2.75, 3.05) is 19.8 Å². The maximum Gasteiger partial charge on any atom is 0.305 e. The molecule has 6 N–H and O–H groups in total. The smallest absolute Gasteiger partial charge is 0.305 e. The standard InChI is InChI=1S/C55H103NO10/c1-3-5-7-9-11-13-14-15-16-17-18-19-20-23-27-31-35-39-43-51(60)64-44-40-36-32-28-24-21-22-26-30-34-38-42-50(59)56-47(48(58)41-37-33-29-25-12-10-8-6-4-2)46-65-55-54(63)53(62)52(61)49(45-57)66-55/h16-17,37,41,47-49,52-55,57-58,61-63H,3-15,18-36,38-40,42-46H2,1-2H3,(H,56,59)/b17-16-,41-37+. The maximum absolute atomic E-state index is 13.0. The van der Waals surface area contributed by atoms with Crippen LogP contribution >= 0.6 is 0 Å². The van der Waals surface area contributed by atoms with E-state index < -0.39 is 49.5 Å². The van der Waals surface area contributed by atoms with Crippen LogP contribution in [0.2, 0.25) is 0 Å². The van der Waals surface area contributed by atoms with Gasteiger partial charge in [0, 0.05) is 12.8 Å². The van der Waals surface area contributed by atoms with Gasteiger partial charge in [0.25, 0.3) is 0 Å². The van der Waals surface area contributed by atoms with E-state index in [1.807, 2.05) is 6.08 Å². The van der Waals surface area contributed by atoms with Crippen LogP contribution in [0.15, 0.2) is 24.3 Å². The van der Waals surface area contributed by atoms with Gasteiger partial charge in [-0.3, -0.25) is 9.59 Å². The van der Waals surface area contributed by atoms with Crippen LogP contribution in [0.3, 0.4) is 0 Å². The highest BCUT2D eigenvalue weighted by Crippen LogP contribution is 2.23. The minimum absolute atomic E-state index is 0.0429. The first-order chi connectivity index (χ1) is 32.2. The predicted molar refractivity (Wildman–Crippen MR) is 269 cm³/mol. The Morgan fingerprint density at radius 1 is 0.545 bits per heavy atom. The van der Waals surface area contributed by atoms with Crippen molar-refractivity contribution in [1.29, 1.82) is 0 Å². The van der Waals surface area contributed by atoms with Gasteiger partial charge in [-0.1, -0.05) is 205 Å². The van der Waals surface area contributed by atoms with Crippen LogP contribution in [0.4, 0.5) is 0 Å². The van der Waals surface area contributed by atoms with E-state index in [4.69, 9.17) is 14.2 Å². The lowest BCUT2D eigenvalue weighted by molar-refractivity contribution is -0.302. The summed E-state index contributed by atoms with van der Waals surface area (Å²) in [6.07, 6.45) is 42.7. The van der Waals surface area contributed by atoms with Gasteiger partial charge in [0.05, 0.1) is 32.0 Å². The van der Waals surface area contributed by atoms with Crippen molar-refractivity contribution in [2.24, 2.45) is 0 Å². The van der Waals surface area contributed by atoms with Crippen molar-refractivity contribution in [3.8, 4) is 0 Å². The van der Waals surface area contributed by atoms with Crippen LogP contribution in [-0.2, 0) is 23.8 Å². The third-order valence-electron chi connectivity index (χ3n) is 13.1. The molecule has 11 heteroatoms. The molecule has 0 spiro atoms. The Labute approximate surface area is 403 Å². The SMILES string of the molecule is CCCCCCCCC/C=C\CCCCCCCCCC(=O)OCCCCCCCCCCCCCC(=O)NC(COC1OC(CO)C(O)C(O)C1O)C(O)/C=C/CCCCCCCCC. The number of rotatable bonds is 47. The molecule has 1 fully saturated rings. The van der Waals surface area contributed by atoms with Crippen molar-refractivity contribution < 1.29 is 49.3 Å². The summed E-state index contributed by atoms with van der Waals surface area (Å²) in [7, 11) is 0. The molecule has 388 valence electrons. The molecule has 0 bridgehead atoms. The molecule has 0 saturated carbocycles. The van der Waals surface area contributed by atoms with Crippen LogP contribution in [-0.4, -0.2) is 100 Å². The van der Waals surface area contributed by atoms with Crippen molar-refractivity contribution in [2.45, 2.75) is 294 Å². The highest BCUT2D eigenvalue weighted by atomic mass is 16.7. The van der Waals surface area contributed by atoms with Crippen molar-refractivity contribution in [1.82, 2.24) is 5.32 Å². The molecule has 1 amide bonds. The zero-order valence-corrected chi connectivity index (χ0v) is 42.4. The van der Waals surface area contributed by atoms with E-state index in [1.54, 1.807) is 6.08 Å². The average molecular weight is 938 g/mol. The summed E-state index contributed by atoms with van der Waals surface area (Å²) in [4.78, 5) is 25.1. The molecule has 11 nitrogen and oxygen atoms in total. The Hall–Kier alpha value is -1.86. The molecule has 1 aliphatic heterocycles. The number of nitrogens with one attached hydrogen (secondary N) is 1. The van der Waals surface area contributed by atoms with E-state index in [0.717, 1.165) is 70.6 Å². The predicted octanol–water partition coefficient (Wildman–Crippen LogP) is 11.8. The Morgan fingerprint density at radius 3 is 1.45 bits per heavy atom. The van der Waals surface area contributed by atoms with E-state index in [1.165, 1.54) is 154 Å². The number of aliphatic hydroxyl groups excluding tert-OH is 5. The molecule has 66 heavy (non-hydrogen) atoms. The first kappa shape index (κ1) is 62.2. The van der Waals surface area contributed by atoms with Gasteiger partial charge in [-0.2, -0.15) is 0 Å². The minimum Gasteiger partial charge on any atom is -0.466 e. The lowest BCUT2D eigenvalue weighted by Crippen LogP contribution is -2.60. The largest absolute Gasteiger partial charge is 0.466 e. The lowest BCUT2D eigenvalue weighted by atomic mass is 9.99. The van der Waals surface area contributed by atoms with Gasteiger partial charge in [0.2, 0.25) is 5.91 Å². The Balaban J connectivity index is 2.09. The summed E-state index contributed by atoms with van der Waals surface area (Å²) in [5.74, 6) is -0.246. The molecular weight excluding hydrogens is 835 g/mol. The molecular formula is C55H103NO10. The van der Waals surface area contributed by atoms with Gasteiger partial charge >= 0.3 is 5.97 Å². The monoisotopic (exact) mass is 938 g/mol. The van der Waals surface area contributed by atoms with Gasteiger partial charge in [-0.15, -0.1) is 0 Å². The summed E-state index contributed by atoms with van der Waals surface area (Å²) in [5, 5.41) is 54.1. The van der Waals surface area contributed by atoms with Gasteiger partial charge in [0.15, 0.2) is 6.29 Å². The number of amides is 1. The molecule has 0 aliphatic carbocycles. The van der Waals surface area contributed by atoms with E-state index in [-0.39, 0.29) is 18.5 Å². The molecule has 1 saturated heterocycles. The Kier molecular flexibility index (Phi) is 42.9.